The highest BCUT2D eigenvalue weighted by atomic mass is 127. The van der Waals surface area contributed by atoms with Crippen LogP contribution in [0.3, 0.4) is 0 Å². The largest absolute Gasteiger partial charge is 0.361 e. The second-order valence-corrected chi connectivity index (χ2v) is 5.16. The molecule has 6 heteroatoms. The summed E-state index contributed by atoms with van der Waals surface area (Å²) in [5, 5.41) is 10.6. The van der Waals surface area contributed by atoms with E-state index in [4.69, 9.17) is 4.52 Å². The summed E-state index contributed by atoms with van der Waals surface area (Å²) in [5.74, 6) is 2.46. The van der Waals surface area contributed by atoms with E-state index in [9.17, 15) is 0 Å². The number of nitrogens with zero attached hydrogens (tertiary/aromatic N) is 2. The maximum Gasteiger partial charge on any atom is 0.190 e. The zero-order valence-electron chi connectivity index (χ0n) is 13.1. The van der Waals surface area contributed by atoms with Gasteiger partial charge in [0.15, 0.2) is 5.96 Å². The van der Waals surface area contributed by atoms with Gasteiger partial charge >= 0.3 is 0 Å². The summed E-state index contributed by atoms with van der Waals surface area (Å²) in [6.07, 6.45) is 2.04. The van der Waals surface area contributed by atoms with Crippen LogP contribution in [0.15, 0.2) is 9.52 Å². The average molecular weight is 394 g/mol. The summed E-state index contributed by atoms with van der Waals surface area (Å²) in [4.78, 5) is 4.20. The number of aromatic nitrogens is 1. The molecule has 0 spiro atoms. The molecule has 1 aromatic heterocycles. The van der Waals surface area contributed by atoms with Crippen LogP contribution < -0.4 is 10.6 Å². The summed E-state index contributed by atoms with van der Waals surface area (Å²) in [5.41, 5.74) is 2.16. The lowest BCUT2D eigenvalue weighted by atomic mass is 10.1. The number of rotatable bonds is 6. The van der Waals surface area contributed by atoms with Crippen molar-refractivity contribution in [1.29, 1.82) is 0 Å². The van der Waals surface area contributed by atoms with Crippen molar-refractivity contribution >= 4 is 29.9 Å². The first-order chi connectivity index (χ1) is 9.04. The molecule has 2 N–H and O–H groups in total. The van der Waals surface area contributed by atoms with Crippen molar-refractivity contribution in [2.75, 3.05) is 20.1 Å². The van der Waals surface area contributed by atoms with Crippen molar-refractivity contribution in [3.63, 3.8) is 0 Å². The predicted molar refractivity (Wildman–Crippen MR) is 93.9 cm³/mol. The Morgan fingerprint density at radius 3 is 2.40 bits per heavy atom. The van der Waals surface area contributed by atoms with Gasteiger partial charge in [0.05, 0.1) is 5.69 Å². The Morgan fingerprint density at radius 1 is 1.25 bits per heavy atom. The first kappa shape index (κ1) is 19.2. The molecule has 0 aliphatic heterocycles. The van der Waals surface area contributed by atoms with Crippen LogP contribution in [0.1, 0.15) is 37.3 Å². The van der Waals surface area contributed by atoms with Gasteiger partial charge in [-0.3, -0.25) is 4.99 Å². The van der Waals surface area contributed by atoms with Gasteiger partial charge in [0.1, 0.15) is 5.76 Å². The van der Waals surface area contributed by atoms with E-state index in [1.54, 1.807) is 7.05 Å². The van der Waals surface area contributed by atoms with E-state index in [0.29, 0.717) is 5.92 Å². The van der Waals surface area contributed by atoms with Crippen LogP contribution in [-0.4, -0.2) is 31.3 Å². The van der Waals surface area contributed by atoms with Crippen LogP contribution in [0.2, 0.25) is 0 Å². The molecule has 0 aliphatic carbocycles. The van der Waals surface area contributed by atoms with Gasteiger partial charge in [-0.2, -0.15) is 0 Å². The minimum atomic E-state index is 0. The Labute approximate surface area is 139 Å². The van der Waals surface area contributed by atoms with E-state index in [2.05, 4.69) is 34.6 Å². The Morgan fingerprint density at radius 2 is 1.90 bits per heavy atom. The first-order valence-electron chi connectivity index (χ1n) is 6.90. The summed E-state index contributed by atoms with van der Waals surface area (Å²) < 4.78 is 5.15. The van der Waals surface area contributed by atoms with Gasteiger partial charge in [-0.05, 0) is 32.6 Å². The van der Waals surface area contributed by atoms with Crippen molar-refractivity contribution < 1.29 is 4.52 Å². The molecule has 0 atom stereocenters. The summed E-state index contributed by atoms with van der Waals surface area (Å²) in [7, 11) is 1.79. The zero-order valence-corrected chi connectivity index (χ0v) is 15.4. The van der Waals surface area contributed by atoms with E-state index in [-0.39, 0.29) is 24.0 Å². The maximum atomic E-state index is 5.15. The normalized spacial score (nSPS) is 11.4. The first-order valence-corrected chi connectivity index (χ1v) is 6.90. The van der Waals surface area contributed by atoms with Gasteiger partial charge in [-0.25, -0.2) is 0 Å². The molecule has 116 valence electrons. The lowest BCUT2D eigenvalue weighted by Crippen LogP contribution is -2.39. The zero-order chi connectivity index (χ0) is 14.3. The quantitative estimate of drug-likeness (QED) is 0.443. The Bertz CT molecular complexity index is 396. The fourth-order valence-corrected chi connectivity index (χ4v) is 1.86. The van der Waals surface area contributed by atoms with E-state index < -0.39 is 0 Å². The Hall–Kier alpha value is -0.790. The molecule has 1 aromatic rings. The molecule has 0 fully saturated rings. The van der Waals surface area contributed by atoms with Gasteiger partial charge in [0, 0.05) is 25.7 Å². The average Bonchev–Trinajstić information content (AvgIpc) is 2.68. The highest BCUT2D eigenvalue weighted by Crippen LogP contribution is 2.11. The van der Waals surface area contributed by atoms with Crippen molar-refractivity contribution in [2.24, 2.45) is 10.9 Å². The van der Waals surface area contributed by atoms with Crippen LogP contribution in [0.5, 0.6) is 0 Å². The third-order valence-electron chi connectivity index (χ3n) is 3.09. The predicted octanol–water partition coefficient (Wildman–Crippen LogP) is 2.66. The Balaban J connectivity index is 0.00000361. The van der Waals surface area contributed by atoms with Crippen LogP contribution in [0.4, 0.5) is 0 Å². The van der Waals surface area contributed by atoms with Crippen LogP contribution in [-0.2, 0) is 6.42 Å². The number of halogens is 1. The van der Waals surface area contributed by atoms with Gasteiger partial charge in [0.25, 0.3) is 0 Å². The molecule has 1 heterocycles. The molecule has 0 bridgehead atoms. The fourth-order valence-electron chi connectivity index (χ4n) is 1.86. The number of guanidine groups is 1. The van der Waals surface area contributed by atoms with Crippen molar-refractivity contribution in [3.8, 4) is 0 Å². The molecule has 5 nitrogen and oxygen atoms in total. The fraction of sp³-hybridized carbons (Fsp3) is 0.714. The number of aryl methyl sites for hydroxylation is 2. The molecule has 0 amide bonds. The van der Waals surface area contributed by atoms with Crippen molar-refractivity contribution in [2.45, 2.75) is 40.5 Å². The summed E-state index contributed by atoms with van der Waals surface area (Å²) in [6.45, 7) is 10.1. The molecular formula is C14H27IN4O. The van der Waals surface area contributed by atoms with Crippen molar-refractivity contribution in [3.05, 3.63) is 17.0 Å². The molecule has 20 heavy (non-hydrogen) atoms. The molecule has 0 saturated heterocycles. The van der Waals surface area contributed by atoms with Crippen molar-refractivity contribution in [1.82, 2.24) is 15.8 Å². The number of nitrogens with one attached hydrogen (secondary N) is 2. The SMILES string of the molecule is CN=C(NCCc1c(C)noc1C)NCCC(C)C.I. The smallest absolute Gasteiger partial charge is 0.190 e. The molecule has 0 aromatic carbocycles. The highest BCUT2D eigenvalue weighted by Gasteiger charge is 2.08. The molecule has 1 rings (SSSR count). The van der Waals surface area contributed by atoms with Gasteiger partial charge in [0.2, 0.25) is 0 Å². The number of aliphatic imine (C=N–C) groups is 1. The third kappa shape index (κ3) is 6.58. The molecule has 0 saturated carbocycles. The minimum absolute atomic E-state index is 0. The number of hydrogen-bond acceptors (Lipinski definition) is 3. The third-order valence-corrected chi connectivity index (χ3v) is 3.09. The molecule has 0 unspecified atom stereocenters. The molecule has 0 aliphatic rings. The van der Waals surface area contributed by atoms with E-state index in [1.807, 2.05) is 13.8 Å². The second-order valence-electron chi connectivity index (χ2n) is 5.16. The number of hydrogen-bond donors (Lipinski definition) is 2. The second kappa shape index (κ2) is 10.0. The highest BCUT2D eigenvalue weighted by molar-refractivity contribution is 14.0. The topological polar surface area (TPSA) is 62.5 Å². The Kier molecular flexibility index (Phi) is 9.62. The standard InChI is InChI=1S/C14H26N4O.HI/c1-10(2)6-8-16-14(15-5)17-9-7-13-11(3)18-19-12(13)4;/h10H,6-9H2,1-5H3,(H2,15,16,17);1H. The molecule has 0 radical (unpaired) electrons. The van der Waals surface area contributed by atoms with Crippen LogP contribution in [0.25, 0.3) is 0 Å². The van der Waals surface area contributed by atoms with Gasteiger partial charge < -0.3 is 15.2 Å². The maximum absolute atomic E-state index is 5.15. The van der Waals surface area contributed by atoms with Crippen LogP contribution in [0, 0.1) is 19.8 Å². The van der Waals surface area contributed by atoms with E-state index in [1.165, 1.54) is 5.56 Å². The summed E-state index contributed by atoms with van der Waals surface area (Å²) in [6, 6.07) is 0. The van der Waals surface area contributed by atoms with Gasteiger partial charge in [-0.15, -0.1) is 24.0 Å². The lowest BCUT2D eigenvalue weighted by molar-refractivity contribution is 0.392. The van der Waals surface area contributed by atoms with Gasteiger partial charge in [-0.1, -0.05) is 19.0 Å². The lowest BCUT2D eigenvalue weighted by Gasteiger charge is -2.12. The van der Waals surface area contributed by atoms with E-state index in [0.717, 1.165) is 43.3 Å². The summed E-state index contributed by atoms with van der Waals surface area (Å²) >= 11 is 0. The van der Waals surface area contributed by atoms with E-state index >= 15 is 0 Å². The molecular weight excluding hydrogens is 367 g/mol. The monoisotopic (exact) mass is 394 g/mol. The minimum Gasteiger partial charge on any atom is -0.361 e. The van der Waals surface area contributed by atoms with Crippen LogP contribution >= 0.6 is 24.0 Å².